The Balaban J connectivity index is 2.43. The monoisotopic (exact) mass is 306 g/mol. The van der Waals surface area contributed by atoms with Crippen LogP contribution in [0.3, 0.4) is 0 Å². The number of rotatable bonds is 3. The number of halogens is 1. The van der Waals surface area contributed by atoms with Gasteiger partial charge in [-0.15, -0.1) is 0 Å². The number of morpholine rings is 1. The van der Waals surface area contributed by atoms with E-state index in [9.17, 15) is 13.5 Å². The SMILES string of the molecule is Nc1ccc(Cl)c(S(=O)(=O)N2CCOCC2CO)c1. The first-order valence-electron chi connectivity index (χ1n) is 5.72. The maximum Gasteiger partial charge on any atom is 0.245 e. The minimum absolute atomic E-state index is 0.0467. The number of ether oxygens (including phenoxy) is 1. The van der Waals surface area contributed by atoms with Crippen LogP contribution in [0.2, 0.25) is 5.02 Å². The lowest BCUT2D eigenvalue weighted by atomic mass is 10.3. The summed E-state index contributed by atoms with van der Waals surface area (Å²) in [6.07, 6.45) is 0. The van der Waals surface area contributed by atoms with Gasteiger partial charge in [-0.25, -0.2) is 8.42 Å². The number of nitrogens with zero attached hydrogens (tertiary/aromatic N) is 1. The van der Waals surface area contributed by atoms with Crippen molar-refractivity contribution in [2.45, 2.75) is 10.9 Å². The third kappa shape index (κ3) is 2.85. The van der Waals surface area contributed by atoms with Crippen LogP contribution in [0.25, 0.3) is 0 Å². The van der Waals surface area contributed by atoms with Crippen LogP contribution in [0.15, 0.2) is 23.1 Å². The molecule has 0 aromatic heterocycles. The molecule has 2 rings (SSSR count). The molecular formula is C11H15ClN2O4S. The number of hydrogen-bond acceptors (Lipinski definition) is 5. The third-order valence-electron chi connectivity index (χ3n) is 2.93. The number of aliphatic hydroxyl groups is 1. The zero-order valence-electron chi connectivity index (χ0n) is 10.1. The third-order valence-corrected chi connectivity index (χ3v) is 5.36. The highest BCUT2D eigenvalue weighted by Crippen LogP contribution is 2.28. The van der Waals surface area contributed by atoms with Crippen molar-refractivity contribution in [1.82, 2.24) is 4.31 Å². The van der Waals surface area contributed by atoms with Gasteiger partial charge in [0.15, 0.2) is 0 Å². The summed E-state index contributed by atoms with van der Waals surface area (Å²) in [6, 6.07) is 3.69. The number of sulfonamides is 1. The molecule has 8 heteroatoms. The van der Waals surface area contributed by atoms with Crippen LogP contribution in [0.4, 0.5) is 5.69 Å². The summed E-state index contributed by atoms with van der Waals surface area (Å²) in [5, 5.41) is 9.36. The minimum Gasteiger partial charge on any atom is -0.399 e. The van der Waals surface area contributed by atoms with E-state index >= 15 is 0 Å². The fourth-order valence-corrected chi connectivity index (χ4v) is 4.04. The van der Waals surface area contributed by atoms with Crippen molar-refractivity contribution in [2.24, 2.45) is 0 Å². The van der Waals surface area contributed by atoms with E-state index in [4.69, 9.17) is 22.1 Å². The second-order valence-corrected chi connectivity index (χ2v) is 6.48. The molecule has 0 spiro atoms. The van der Waals surface area contributed by atoms with Gasteiger partial charge in [-0.05, 0) is 18.2 Å². The van der Waals surface area contributed by atoms with Gasteiger partial charge in [-0.3, -0.25) is 0 Å². The Hall–Kier alpha value is -0.860. The van der Waals surface area contributed by atoms with E-state index in [1.54, 1.807) is 0 Å². The largest absolute Gasteiger partial charge is 0.399 e. The van der Waals surface area contributed by atoms with Crippen molar-refractivity contribution in [2.75, 3.05) is 32.1 Å². The first-order valence-corrected chi connectivity index (χ1v) is 7.54. The minimum atomic E-state index is -3.80. The molecule has 0 radical (unpaired) electrons. The van der Waals surface area contributed by atoms with Crippen LogP contribution in [-0.2, 0) is 14.8 Å². The van der Waals surface area contributed by atoms with E-state index in [0.29, 0.717) is 5.69 Å². The van der Waals surface area contributed by atoms with Crippen molar-refractivity contribution in [3.8, 4) is 0 Å². The lowest BCUT2D eigenvalue weighted by Crippen LogP contribution is -2.50. The number of benzene rings is 1. The molecule has 0 amide bonds. The summed E-state index contributed by atoms with van der Waals surface area (Å²) in [4.78, 5) is -0.0467. The number of nitrogen functional groups attached to an aromatic ring is 1. The molecule has 0 saturated carbocycles. The highest BCUT2D eigenvalue weighted by Gasteiger charge is 2.34. The molecule has 1 heterocycles. The second kappa shape index (κ2) is 5.64. The van der Waals surface area contributed by atoms with Crippen LogP contribution < -0.4 is 5.73 Å². The zero-order chi connectivity index (χ0) is 14.0. The molecule has 1 aromatic rings. The lowest BCUT2D eigenvalue weighted by molar-refractivity contribution is 0.0109. The fraction of sp³-hybridized carbons (Fsp3) is 0.455. The molecule has 1 unspecified atom stereocenters. The normalized spacial score (nSPS) is 21.5. The summed E-state index contributed by atoms with van der Waals surface area (Å²) < 4.78 is 31.5. The molecule has 6 nitrogen and oxygen atoms in total. The summed E-state index contributed by atoms with van der Waals surface area (Å²) in [6.45, 7) is 0.323. The standard InChI is InChI=1S/C11H15ClN2O4S/c12-10-2-1-8(13)5-11(10)19(16,17)14-3-4-18-7-9(14)6-15/h1-2,5,9,15H,3-4,6-7,13H2. The smallest absolute Gasteiger partial charge is 0.245 e. The van der Waals surface area contributed by atoms with Gasteiger partial charge >= 0.3 is 0 Å². The maximum atomic E-state index is 12.5. The molecule has 1 aliphatic rings. The number of nitrogens with two attached hydrogens (primary N) is 1. The van der Waals surface area contributed by atoms with Crippen LogP contribution in [-0.4, -0.2) is 50.2 Å². The molecule has 0 aliphatic carbocycles. The quantitative estimate of drug-likeness (QED) is 0.784. The highest BCUT2D eigenvalue weighted by molar-refractivity contribution is 7.89. The maximum absolute atomic E-state index is 12.5. The van der Waals surface area contributed by atoms with E-state index in [1.807, 2.05) is 0 Å². The number of aliphatic hydroxyl groups excluding tert-OH is 1. The summed E-state index contributed by atoms with van der Waals surface area (Å²) >= 11 is 5.94. The Kier molecular flexibility index (Phi) is 4.32. The van der Waals surface area contributed by atoms with Crippen LogP contribution in [0.1, 0.15) is 0 Å². The van der Waals surface area contributed by atoms with Gasteiger partial charge in [0.25, 0.3) is 0 Å². The Labute approximate surface area is 116 Å². The molecule has 19 heavy (non-hydrogen) atoms. The molecule has 0 bridgehead atoms. The molecule has 1 aromatic carbocycles. The summed E-state index contributed by atoms with van der Waals surface area (Å²) in [7, 11) is -3.80. The highest BCUT2D eigenvalue weighted by atomic mass is 35.5. The number of anilines is 1. The topological polar surface area (TPSA) is 92.9 Å². The first-order chi connectivity index (χ1) is 8.96. The Morgan fingerprint density at radius 3 is 2.95 bits per heavy atom. The van der Waals surface area contributed by atoms with Gasteiger partial charge < -0.3 is 15.6 Å². The second-order valence-electron chi connectivity index (χ2n) is 4.22. The van der Waals surface area contributed by atoms with Crippen LogP contribution >= 0.6 is 11.6 Å². The van der Waals surface area contributed by atoms with Crippen molar-refractivity contribution >= 4 is 27.3 Å². The van der Waals surface area contributed by atoms with E-state index in [2.05, 4.69) is 0 Å². The van der Waals surface area contributed by atoms with Gasteiger partial charge in [0.05, 0.1) is 30.9 Å². The molecule has 1 aliphatic heterocycles. The molecule has 1 atom stereocenters. The van der Waals surface area contributed by atoms with Crippen molar-refractivity contribution in [3.05, 3.63) is 23.2 Å². The number of hydrogen-bond donors (Lipinski definition) is 2. The summed E-state index contributed by atoms with van der Waals surface area (Å²) in [5.41, 5.74) is 5.92. The van der Waals surface area contributed by atoms with E-state index in [0.717, 1.165) is 0 Å². The molecular weight excluding hydrogens is 292 g/mol. The average molecular weight is 307 g/mol. The van der Waals surface area contributed by atoms with Crippen molar-refractivity contribution in [3.63, 3.8) is 0 Å². The molecule has 3 N–H and O–H groups in total. The summed E-state index contributed by atoms with van der Waals surface area (Å²) in [5.74, 6) is 0. The van der Waals surface area contributed by atoms with Crippen LogP contribution in [0.5, 0.6) is 0 Å². The van der Waals surface area contributed by atoms with Gasteiger partial charge in [-0.2, -0.15) is 4.31 Å². The van der Waals surface area contributed by atoms with E-state index in [-0.39, 0.29) is 36.3 Å². The Morgan fingerprint density at radius 1 is 1.53 bits per heavy atom. The predicted molar refractivity (Wildman–Crippen MR) is 71.4 cm³/mol. The van der Waals surface area contributed by atoms with Gasteiger partial charge in [-0.1, -0.05) is 11.6 Å². The molecule has 1 fully saturated rings. The van der Waals surface area contributed by atoms with Crippen molar-refractivity contribution < 1.29 is 18.3 Å². The van der Waals surface area contributed by atoms with E-state index in [1.165, 1.54) is 22.5 Å². The zero-order valence-corrected chi connectivity index (χ0v) is 11.7. The van der Waals surface area contributed by atoms with E-state index < -0.39 is 16.1 Å². The molecule has 1 saturated heterocycles. The van der Waals surface area contributed by atoms with Crippen LogP contribution in [0, 0.1) is 0 Å². The Bertz CT molecular complexity index is 564. The van der Waals surface area contributed by atoms with Gasteiger partial charge in [0.2, 0.25) is 10.0 Å². The lowest BCUT2D eigenvalue weighted by Gasteiger charge is -2.33. The molecule has 106 valence electrons. The predicted octanol–water partition coefficient (Wildman–Crippen LogP) is 0.304. The fourth-order valence-electron chi connectivity index (χ4n) is 1.94. The first kappa shape index (κ1) is 14.5. The van der Waals surface area contributed by atoms with Gasteiger partial charge in [0.1, 0.15) is 4.90 Å². The Morgan fingerprint density at radius 2 is 2.26 bits per heavy atom. The van der Waals surface area contributed by atoms with Gasteiger partial charge in [0, 0.05) is 12.2 Å². The van der Waals surface area contributed by atoms with Crippen molar-refractivity contribution in [1.29, 1.82) is 0 Å². The average Bonchev–Trinajstić information content (AvgIpc) is 2.41.